The van der Waals surface area contributed by atoms with Crippen LogP contribution in [0, 0.1) is 5.92 Å². The predicted octanol–water partition coefficient (Wildman–Crippen LogP) is 2.14. The summed E-state index contributed by atoms with van der Waals surface area (Å²) in [6.07, 6.45) is 3.74. The van der Waals surface area contributed by atoms with Crippen LogP contribution in [0.25, 0.3) is 22.4 Å². The number of aromatic nitrogens is 4. The fourth-order valence-electron chi connectivity index (χ4n) is 4.20. The van der Waals surface area contributed by atoms with Gasteiger partial charge in [0.25, 0.3) is 5.56 Å². The maximum absolute atomic E-state index is 13.1. The smallest absolute Gasteiger partial charge is 0.333 e. The Kier molecular flexibility index (Phi) is 7.43. The van der Waals surface area contributed by atoms with E-state index in [1.807, 2.05) is 0 Å². The standard InChI is InChI=1S/C24H29ClN6O3/c1-3-30-22-19(14-27-21(28-22)17-4-6-18(25)7-5-17)23(33)31(24(30)34)15-20(32)26-10-13-29-11-8-16(2)9-12-29/h4-7,14,16H,3,8-13,15H2,1-2H3,(H,26,32). The molecule has 0 saturated carbocycles. The zero-order valence-electron chi connectivity index (χ0n) is 19.5. The first kappa shape index (κ1) is 24.1. The quantitative estimate of drug-likeness (QED) is 0.551. The molecule has 2 aromatic heterocycles. The lowest BCUT2D eigenvalue weighted by Gasteiger charge is -2.30. The van der Waals surface area contributed by atoms with E-state index in [0.29, 0.717) is 29.5 Å². The molecule has 1 saturated heterocycles. The van der Waals surface area contributed by atoms with E-state index in [4.69, 9.17) is 11.6 Å². The number of nitrogens with zero attached hydrogens (tertiary/aromatic N) is 5. The molecule has 3 heterocycles. The summed E-state index contributed by atoms with van der Waals surface area (Å²) in [5.74, 6) is 0.760. The number of carbonyl (C=O) groups excluding carboxylic acids is 1. The van der Waals surface area contributed by atoms with Crippen LogP contribution in [0.5, 0.6) is 0 Å². The van der Waals surface area contributed by atoms with Gasteiger partial charge in [-0.2, -0.15) is 0 Å². The molecule has 1 amide bonds. The lowest BCUT2D eigenvalue weighted by Crippen LogP contribution is -2.45. The van der Waals surface area contributed by atoms with E-state index in [1.54, 1.807) is 31.2 Å². The average Bonchev–Trinajstić information content (AvgIpc) is 2.83. The highest BCUT2D eigenvalue weighted by molar-refractivity contribution is 6.30. The molecule has 34 heavy (non-hydrogen) atoms. The van der Waals surface area contributed by atoms with Gasteiger partial charge >= 0.3 is 5.69 Å². The van der Waals surface area contributed by atoms with Crippen molar-refractivity contribution in [3.8, 4) is 11.4 Å². The first-order chi connectivity index (χ1) is 16.4. The number of hydrogen-bond acceptors (Lipinski definition) is 6. The number of aryl methyl sites for hydroxylation is 1. The topological polar surface area (TPSA) is 102 Å². The molecule has 0 aliphatic carbocycles. The molecule has 4 rings (SSSR count). The molecule has 180 valence electrons. The fourth-order valence-corrected chi connectivity index (χ4v) is 4.33. The Morgan fingerprint density at radius 3 is 2.53 bits per heavy atom. The minimum Gasteiger partial charge on any atom is -0.353 e. The van der Waals surface area contributed by atoms with Gasteiger partial charge in [-0.3, -0.25) is 18.7 Å². The van der Waals surface area contributed by atoms with Gasteiger partial charge in [-0.25, -0.2) is 14.8 Å². The molecule has 1 aliphatic rings. The molecule has 0 unspecified atom stereocenters. The van der Waals surface area contributed by atoms with Crippen LogP contribution in [0.4, 0.5) is 0 Å². The van der Waals surface area contributed by atoms with Crippen molar-refractivity contribution in [3.63, 3.8) is 0 Å². The highest BCUT2D eigenvalue weighted by atomic mass is 35.5. The van der Waals surface area contributed by atoms with Crippen molar-refractivity contribution in [1.82, 2.24) is 29.3 Å². The molecule has 1 aliphatic heterocycles. The van der Waals surface area contributed by atoms with Crippen molar-refractivity contribution in [1.29, 1.82) is 0 Å². The van der Waals surface area contributed by atoms with Crippen LogP contribution in [0.1, 0.15) is 26.7 Å². The van der Waals surface area contributed by atoms with E-state index in [-0.39, 0.29) is 23.5 Å². The van der Waals surface area contributed by atoms with Crippen LogP contribution in [0.15, 0.2) is 40.1 Å². The molecule has 1 fully saturated rings. The van der Waals surface area contributed by atoms with Gasteiger partial charge in [0.15, 0.2) is 11.5 Å². The Hall–Kier alpha value is -3.04. The Balaban J connectivity index is 1.54. The van der Waals surface area contributed by atoms with E-state index < -0.39 is 11.2 Å². The number of halogens is 1. The summed E-state index contributed by atoms with van der Waals surface area (Å²) in [6.45, 7) is 7.29. The molecule has 9 nitrogen and oxygen atoms in total. The predicted molar refractivity (Wildman–Crippen MR) is 132 cm³/mol. The number of hydrogen-bond donors (Lipinski definition) is 1. The van der Waals surface area contributed by atoms with Crippen LogP contribution < -0.4 is 16.6 Å². The molecule has 1 aromatic carbocycles. The van der Waals surface area contributed by atoms with Gasteiger partial charge in [-0.15, -0.1) is 0 Å². The summed E-state index contributed by atoms with van der Waals surface area (Å²) in [5.41, 5.74) is -0.185. The monoisotopic (exact) mass is 484 g/mol. The fraction of sp³-hybridized carbons (Fsp3) is 0.458. The van der Waals surface area contributed by atoms with Gasteiger partial charge in [0, 0.05) is 36.4 Å². The van der Waals surface area contributed by atoms with Crippen LogP contribution in [0.2, 0.25) is 5.02 Å². The third kappa shape index (κ3) is 5.20. The lowest BCUT2D eigenvalue weighted by atomic mass is 9.99. The van der Waals surface area contributed by atoms with Gasteiger partial charge < -0.3 is 10.2 Å². The molecule has 10 heteroatoms. The molecule has 3 aromatic rings. The third-order valence-electron chi connectivity index (χ3n) is 6.31. The Morgan fingerprint density at radius 2 is 1.85 bits per heavy atom. The van der Waals surface area contributed by atoms with Crippen molar-refractivity contribution in [2.24, 2.45) is 5.92 Å². The normalized spacial score (nSPS) is 15.0. The largest absolute Gasteiger partial charge is 0.353 e. The number of nitrogens with one attached hydrogen (secondary N) is 1. The highest BCUT2D eigenvalue weighted by Crippen LogP contribution is 2.19. The second kappa shape index (κ2) is 10.5. The van der Waals surface area contributed by atoms with Crippen molar-refractivity contribution in [2.75, 3.05) is 26.2 Å². The number of likely N-dealkylation sites (tertiary alicyclic amines) is 1. The summed E-state index contributed by atoms with van der Waals surface area (Å²) in [4.78, 5) is 49.8. The minimum absolute atomic E-state index is 0.189. The number of amides is 1. The van der Waals surface area contributed by atoms with E-state index in [0.717, 1.165) is 30.1 Å². The zero-order chi connectivity index (χ0) is 24.2. The first-order valence-electron chi connectivity index (χ1n) is 11.6. The summed E-state index contributed by atoms with van der Waals surface area (Å²) >= 11 is 5.95. The van der Waals surface area contributed by atoms with E-state index >= 15 is 0 Å². The molecule has 0 bridgehead atoms. The van der Waals surface area contributed by atoms with Crippen molar-refractivity contribution in [3.05, 3.63) is 56.3 Å². The second-order valence-corrected chi connectivity index (χ2v) is 9.17. The number of fused-ring (bicyclic) bond motifs is 1. The summed E-state index contributed by atoms with van der Waals surface area (Å²) in [6, 6.07) is 6.99. The number of rotatable bonds is 7. The van der Waals surface area contributed by atoms with Gasteiger partial charge in [-0.05, 0) is 63.0 Å². The van der Waals surface area contributed by atoms with E-state index in [1.165, 1.54) is 23.6 Å². The van der Waals surface area contributed by atoms with Crippen LogP contribution in [0.3, 0.4) is 0 Å². The first-order valence-corrected chi connectivity index (χ1v) is 12.0. The third-order valence-corrected chi connectivity index (χ3v) is 6.56. The summed E-state index contributed by atoms with van der Waals surface area (Å²) in [7, 11) is 0. The van der Waals surface area contributed by atoms with Gasteiger partial charge in [0.2, 0.25) is 5.91 Å². The zero-order valence-corrected chi connectivity index (χ0v) is 20.2. The molecular weight excluding hydrogens is 456 g/mol. The number of benzene rings is 1. The summed E-state index contributed by atoms with van der Waals surface area (Å²) < 4.78 is 2.34. The second-order valence-electron chi connectivity index (χ2n) is 8.73. The van der Waals surface area contributed by atoms with Crippen LogP contribution >= 0.6 is 11.6 Å². The number of carbonyl (C=O) groups is 1. The van der Waals surface area contributed by atoms with Crippen molar-refractivity contribution < 1.29 is 4.79 Å². The van der Waals surface area contributed by atoms with E-state index in [2.05, 4.69) is 27.1 Å². The van der Waals surface area contributed by atoms with Gasteiger partial charge in [0.05, 0.1) is 0 Å². The van der Waals surface area contributed by atoms with Crippen LogP contribution in [-0.2, 0) is 17.9 Å². The Labute approximate surface area is 202 Å². The van der Waals surface area contributed by atoms with Crippen LogP contribution in [-0.4, -0.2) is 56.1 Å². The molecule has 1 N–H and O–H groups in total. The lowest BCUT2D eigenvalue weighted by molar-refractivity contribution is -0.121. The maximum atomic E-state index is 13.1. The minimum atomic E-state index is -0.576. The number of piperidine rings is 1. The average molecular weight is 485 g/mol. The highest BCUT2D eigenvalue weighted by Gasteiger charge is 2.18. The molecular formula is C24H29ClN6O3. The molecule has 0 atom stereocenters. The van der Waals surface area contributed by atoms with Crippen molar-refractivity contribution in [2.45, 2.75) is 39.8 Å². The van der Waals surface area contributed by atoms with Gasteiger partial charge in [0.1, 0.15) is 11.9 Å². The van der Waals surface area contributed by atoms with Gasteiger partial charge in [-0.1, -0.05) is 18.5 Å². The molecule has 0 radical (unpaired) electrons. The Bertz CT molecular complexity index is 1290. The van der Waals surface area contributed by atoms with E-state index in [9.17, 15) is 14.4 Å². The Morgan fingerprint density at radius 1 is 1.15 bits per heavy atom. The van der Waals surface area contributed by atoms with Crippen molar-refractivity contribution >= 4 is 28.5 Å². The molecule has 0 spiro atoms. The maximum Gasteiger partial charge on any atom is 0.333 e. The summed E-state index contributed by atoms with van der Waals surface area (Å²) in [5, 5.41) is 3.61. The SMILES string of the molecule is CCn1c(=O)n(CC(=O)NCCN2CCC(C)CC2)c(=O)c2cnc(-c3ccc(Cl)cc3)nc21.